The molecule has 0 bridgehead atoms. The number of rotatable bonds is 8. The molecule has 0 aliphatic carbocycles. The third-order valence-corrected chi connectivity index (χ3v) is 5.44. The van der Waals surface area contributed by atoms with Gasteiger partial charge in [0.25, 0.3) is 0 Å². The van der Waals surface area contributed by atoms with E-state index in [4.69, 9.17) is 9.47 Å². The Labute approximate surface area is 105 Å². The maximum atomic E-state index is 11.2. The van der Waals surface area contributed by atoms with Gasteiger partial charge in [-0.25, -0.2) is 0 Å². The zero-order valence-corrected chi connectivity index (χ0v) is 11.4. The first-order valence-electron chi connectivity index (χ1n) is 5.75. The molecule has 16 heavy (non-hydrogen) atoms. The topological polar surface area (TPSA) is 35.5 Å². The predicted octanol–water partition coefficient (Wildman–Crippen LogP) is 2.89. The molecule has 1 rings (SSSR count). The van der Waals surface area contributed by atoms with E-state index in [2.05, 4.69) is 0 Å². The average Bonchev–Trinajstić information content (AvgIpc) is 2.78. The molecule has 0 saturated carbocycles. The second kappa shape index (κ2) is 9.19. The highest BCUT2D eigenvalue weighted by atomic mass is 33.1. The van der Waals surface area contributed by atoms with Crippen LogP contribution in [0.4, 0.5) is 0 Å². The Morgan fingerprint density at radius 1 is 1.38 bits per heavy atom. The van der Waals surface area contributed by atoms with Crippen LogP contribution in [0.3, 0.4) is 0 Å². The van der Waals surface area contributed by atoms with Gasteiger partial charge in [-0.3, -0.25) is 4.79 Å². The number of hydrogen-bond acceptors (Lipinski definition) is 5. The number of carbonyl (C=O) groups excluding carboxylic acids is 1. The molecule has 0 N–H and O–H groups in total. The van der Waals surface area contributed by atoms with E-state index >= 15 is 0 Å². The van der Waals surface area contributed by atoms with Gasteiger partial charge >= 0.3 is 5.97 Å². The van der Waals surface area contributed by atoms with Gasteiger partial charge in [0.1, 0.15) is 6.61 Å². The van der Waals surface area contributed by atoms with Crippen molar-refractivity contribution in [3.8, 4) is 0 Å². The van der Waals surface area contributed by atoms with Crippen LogP contribution in [-0.2, 0) is 14.3 Å². The Kier molecular flexibility index (Phi) is 8.15. The van der Waals surface area contributed by atoms with E-state index < -0.39 is 0 Å². The number of methoxy groups -OCH3 is 1. The summed E-state index contributed by atoms with van der Waals surface area (Å²) in [5.74, 6) is 1.19. The van der Waals surface area contributed by atoms with Gasteiger partial charge < -0.3 is 9.47 Å². The summed E-state index contributed by atoms with van der Waals surface area (Å²) in [4.78, 5) is 11.2. The zero-order chi connectivity index (χ0) is 11.6. The van der Waals surface area contributed by atoms with E-state index in [-0.39, 0.29) is 5.97 Å². The Balaban J connectivity index is 1.87. The van der Waals surface area contributed by atoms with Crippen molar-refractivity contribution in [2.24, 2.45) is 0 Å². The molecule has 0 radical (unpaired) electrons. The van der Waals surface area contributed by atoms with Crippen LogP contribution >= 0.6 is 21.6 Å². The minimum absolute atomic E-state index is 0.0921. The van der Waals surface area contributed by atoms with Crippen molar-refractivity contribution in [2.75, 3.05) is 26.1 Å². The maximum absolute atomic E-state index is 11.2. The van der Waals surface area contributed by atoms with Crippen LogP contribution in [0.15, 0.2) is 0 Å². The van der Waals surface area contributed by atoms with Crippen molar-refractivity contribution in [3.05, 3.63) is 0 Å². The van der Waals surface area contributed by atoms with Crippen LogP contribution < -0.4 is 0 Å². The lowest BCUT2D eigenvalue weighted by molar-refractivity contribution is -0.145. The lowest BCUT2D eigenvalue weighted by Crippen LogP contribution is -2.09. The summed E-state index contributed by atoms with van der Waals surface area (Å²) in [6.45, 7) is 0.867. The molecule has 1 aliphatic heterocycles. The third kappa shape index (κ3) is 6.66. The molecule has 1 unspecified atom stereocenters. The SMILES string of the molecule is COCCOC(=O)CCCCC1CCSS1. The predicted molar refractivity (Wildman–Crippen MR) is 69.8 cm³/mol. The molecule has 1 saturated heterocycles. The Morgan fingerprint density at radius 2 is 2.25 bits per heavy atom. The van der Waals surface area contributed by atoms with E-state index in [1.807, 2.05) is 21.6 Å². The zero-order valence-electron chi connectivity index (χ0n) is 9.78. The van der Waals surface area contributed by atoms with Crippen LogP contribution in [0.1, 0.15) is 32.1 Å². The minimum atomic E-state index is -0.0921. The molecule has 0 spiro atoms. The number of carbonyl (C=O) groups is 1. The first-order valence-corrected chi connectivity index (χ1v) is 8.14. The fraction of sp³-hybridized carbons (Fsp3) is 0.909. The van der Waals surface area contributed by atoms with E-state index in [0.29, 0.717) is 19.6 Å². The lowest BCUT2D eigenvalue weighted by atomic mass is 10.1. The highest BCUT2D eigenvalue weighted by Crippen LogP contribution is 2.39. The fourth-order valence-corrected chi connectivity index (χ4v) is 4.54. The molecule has 3 nitrogen and oxygen atoms in total. The normalized spacial score (nSPS) is 19.9. The average molecular weight is 264 g/mol. The van der Waals surface area contributed by atoms with Crippen LogP contribution in [-0.4, -0.2) is 37.3 Å². The molecule has 0 aromatic heterocycles. The minimum Gasteiger partial charge on any atom is -0.463 e. The van der Waals surface area contributed by atoms with Gasteiger partial charge in [0.15, 0.2) is 0 Å². The molecular weight excluding hydrogens is 244 g/mol. The highest BCUT2D eigenvalue weighted by molar-refractivity contribution is 8.77. The molecule has 1 atom stereocenters. The molecule has 0 aromatic carbocycles. The quantitative estimate of drug-likeness (QED) is 0.383. The second-order valence-corrected chi connectivity index (χ2v) is 6.58. The smallest absolute Gasteiger partial charge is 0.305 e. The van der Waals surface area contributed by atoms with Crippen LogP contribution in [0.5, 0.6) is 0 Å². The molecule has 0 aromatic rings. The lowest BCUT2D eigenvalue weighted by Gasteiger charge is -2.07. The van der Waals surface area contributed by atoms with Crippen LogP contribution in [0.2, 0.25) is 0 Å². The molecule has 5 heteroatoms. The molecule has 1 fully saturated rings. The number of ether oxygens (including phenoxy) is 2. The number of hydrogen-bond donors (Lipinski definition) is 0. The molecule has 0 amide bonds. The summed E-state index contributed by atoms with van der Waals surface area (Å²) in [5.41, 5.74) is 0. The number of unbranched alkanes of at least 4 members (excludes halogenated alkanes) is 1. The summed E-state index contributed by atoms with van der Waals surface area (Å²) >= 11 is 0. The standard InChI is InChI=1S/C11H20O3S2/c1-13-7-8-14-11(12)5-3-2-4-10-6-9-15-16-10/h10H,2-9H2,1H3. The van der Waals surface area contributed by atoms with Crippen molar-refractivity contribution in [1.82, 2.24) is 0 Å². The number of esters is 1. The van der Waals surface area contributed by atoms with Gasteiger partial charge in [0.05, 0.1) is 6.61 Å². The molecular formula is C11H20O3S2. The first kappa shape index (κ1) is 14.2. The van der Waals surface area contributed by atoms with Gasteiger partial charge in [-0.2, -0.15) is 0 Å². The Bertz CT molecular complexity index is 194. The molecule has 1 heterocycles. The summed E-state index contributed by atoms with van der Waals surface area (Å²) in [5, 5.41) is 0.814. The summed E-state index contributed by atoms with van der Waals surface area (Å²) < 4.78 is 9.78. The van der Waals surface area contributed by atoms with Gasteiger partial charge in [-0.05, 0) is 19.3 Å². The van der Waals surface area contributed by atoms with Crippen molar-refractivity contribution in [2.45, 2.75) is 37.4 Å². The van der Waals surface area contributed by atoms with Crippen molar-refractivity contribution < 1.29 is 14.3 Å². The third-order valence-electron chi connectivity index (χ3n) is 2.43. The highest BCUT2D eigenvalue weighted by Gasteiger charge is 2.15. The second-order valence-electron chi connectivity index (χ2n) is 3.79. The first-order chi connectivity index (χ1) is 7.83. The van der Waals surface area contributed by atoms with Gasteiger partial charge in [-0.15, -0.1) is 0 Å². The Morgan fingerprint density at radius 3 is 2.94 bits per heavy atom. The van der Waals surface area contributed by atoms with Crippen molar-refractivity contribution in [3.63, 3.8) is 0 Å². The van der Waals surface area contributed by atoms with E-state index in [1.54, 1.807) is 7.11 Å². The van der Waals surface area contributed by atoms with Crippen LogP contribution in [0, 0.1) is 0 Å². The summed E-state index contributed by atoms with van der Waals surface area (Å²) in [6.07, 6.45) is 5.20. The van der Waals surface area contributed by atoms with Crippen molar-refractivity contribution in [1.29, 1.82) is 0 Å². The largest absolute Gasteiger partial charge is 0.463 e. The van der Waals surface area contributed by atoms with Crippen LogP contribution in [0.25, 0.3) is 0 Å². The summed E-state index contributed by atoms with van der Waals surface area (Å²) in [7, 11) is 5.58. The van der Waals surface area contributed by atoms with Crippen molar-refractivity contribution >= 4 is 27.6 Å². The monoisotopic (exact) mass is 264 g/mol. The van der Waals surface area contributed by atoms with E-state index in [1.165, 1.54) is 18.6 Å². The van der Waals surface area contributed by atoms with Gasteiger partial charge in [-0.1, -0.05) is 28.0 Å². The van der Waals surface area contributed by atoms with Gasteiger partial charge in [0, 0.05) is 24.5 Å². The van der Waals surface area contributed by atoms with E-state index in [9.17, 15) is 4.79 Å². The van der Waals surface area contributed by atoms with Gasteiger partial charge in [0.2, 0.25) is 0 Å². The van der Waals surface area contributed by atoms with E-state index in [0.717, 1.165) is 18.1 Å². The Hall–Kier alpha value is 0.130. The molecule has 1 aliphatic rings. The maximum Gasteiger partial charge on any atom is 0.305 e. The summed E-state index contributed by atoms with van der Waals surface area (Å²) in [6, 6.07) is 0. The fourth-order valence-electron chi connectivity index (χ4n) is 1.52. The molecule has 94 valence electrons.